The molecule has 5 nitrogen and oxygen atoms in total. The summed E-state index contributed by atoms with van der Waals surface area (Å²) in [5.41, 5.74) is 2.98. The highest BCUT2D eigenvalue weighted by Gasteiger charge is 2.34. The average molecular weight is 342 g/mol. The van der Waals surface area contributed by atoms with Crippen LogP contribution in [0.5, 0.6) is 0 Å². The van der Waals surface area contributed by atoms with Crippen LogP contribution in [-0.2, 0) is 11.3 Å². The van der Waals surface area contributed by atoms with Crippen molar-refractivity contribution in [3.8, 4) is 0 Å². The first-order valence-electron chi connectivity index (χ1n) is 8.77. The van der Waals surface area contributed by atoms with Crippen molar-refractivity contribution in [2.45, 2.75) is 12.6 Å². The van der Waals surface area contributed by atoms with Crippen molar-refractivity contribution in [1.82, 2.24) is 14.1 Å². The van der Waals surface area contributed by atoms with Crippen molar-refractivity contribution < 1.29 is 4.79 Å². The molecule has 2 aromatic heterocycles. The van der Waals surface area contributed by atoms with E-state index in [1.165, 1.54) is 0 Å². The molecule has 0 bridgehead atoms. The summed E-state index contributed by atoms with van der Waals surface area (Å²) in [6, 6.07) is 21.4. The molecule has 4 aromatic rings. The van der Waals surface area contributed by atoms with Crippen LogP contribution in [0.2, 0.25) is 0 Å². The summed E-state index contributed by atoms with van der Waals surface area (Å²) in [4.78, 5) is 20.1. The summed E-state index contributed by atoms with van der Waals surface area (Å²) >= 11 is 0. The molecule has 0 saturated carbocycles. The van der Waals surface area contributed by atoms with Crippen molar-refractivity contribution in [3.63, 3.8) is 0 Å². The fourth-order valence-corrected chi connectivity index (χ4v) is 3.74. The second kappa shape index (κ2) is 5.88. The molecule has 1 aliphatic rings. The van der Waals surface area contributed by atoms with Crippen LogP contribution in [-0.4, -0.2) is 26.6 Å². The molecular weight excluding hydrogens is 324 g/mol. The lowest BCUT2D eigenvalue weighted by atomic mass is 10.1. The minimum Gasteiger partial charge on any atom is -0.338 e. The number of aromatic nitrogens is 3. The van der Waals surface area contributed by atoms with Crippen molar-refractivity contribution >= 4 is 22.9 Å². The quantitative estimate of drug-likeness (QED) is 0.572. The van der Waals surface area contributed by atoms with Crippen LogP contribution in [0, 0.1) is 0 Å². The molecule has 1 aliphatic heterocycles. The molecule has 1 atom stereocenters. The van der Waals surface area contributed by atoms with Crippen molar-refractivity contribution in [2.24, 2.45) is 0 Å². The number of benzene rings is 2. The maximum atomic E-state index is 13.5. The highest BCUT2D eigenvalue weighted by Crippen LogP contribution is 2.30. The minimum absolute atomic E-state index is 0.0430. The van der Waals surface area contributed by atoms with Gasteiger partial charge in [0.05, 0.1) is 11.0 Å². The average Bonchev–Trinajstić information content (AvgIpc) is 3.39. The van der Waals surface area contributed by atoms with Gasteiger partial charge in [0.1, 0.15) is 6.04 Å². The summed E-state index contributed by atoms with van der Waals surface area (Å²) in [6.45, 7) is 1.42. The normalized spacial score (nSPS) is 14.5. The number of hydrogen-bond donors (Lipinski definition) is 0. The lowest BCUT2D eigenvalue weighted by molar-refractivity contribution is -0.120. The number of fused-ring (bicyclic) bond motifs is 3. The topological polar surface area (TPSA) is 43.1 Å². The second-order valence-corrected chi connectivity index (χ2v) is 6.49. The molecule has 3 heterocycles. The zero-order valence-electron chi connectivity index (χ0n) is 14.2. The third kappa shape index (κ3) is 2.24. The molecular formula is C21H18N4O. The molecule has 0 unspecified atom stereocenters. The zero-order valence-corrected chi connectivity index (χ0v) is 14.2. The number of nitrogens with zero attached hydrogens (tertiary/aromatic N) is 4. The van der Waals surface area contributed by atoms with Gasteiger partial charge in [-0.2, -0.15) is 0 Å². The largest absolute Gasteiger partial charge is 0.338 e. The number of carbonyl (C=O) groups is 1. The monoisotopic (exact) mass is 342 g/mol. The molecule has 0 spiro atoms. The van der Waals surface area contributed by atoms with E-state index in [1.54, 1.807) is 0 Å². The van der Waals surface area contributed by atoms with E-state index in [4.69, 9.17) is 4.98 Å². The molecule has 0 N–H and O–H groups in total. The smallest absolute Gasteiger partial charge is 0.257 e. The molecule has 2 aromatic carbocycles. The van der Waals surface area contributed by atoms with Crippen molar-refractivity contribution in [2.75, 3.05) is 11.4 Å². The molecule has 0 aliphatic carbocycles. The molecule has 0 saturated heterocycles. The summed E-state index contributed by atoms with van der Waals surface area (Å²) in [5, 5.41) is 0. The summed E-state index contributed by atoms with van der Waals surface area (Å²) in [6.07, 6.45) is 3.88. The van der Waals surface area contributed by atoms with Gasteiger partial charge in [-0.25, -0.2) is 4.98 Å². The number of rotatable bonds is 3. The van der Waals surface area contributed by atoms with Gasteiger partial charge in [-0.05, 0) is 29.8 Å². The highest BCUT2D eigenvalue weighted by atomic mass is 16.2. The van der Waals surface area contributed by atoms with Gasteiger partial charge in [-0.3, -0.25) is 9.69 Å². The zero-order chi connectivity index (χ0) is 17.5. The third-order valence-electron chi connectivity index (χ3n) is 4.96. The first-order valence-corrected chi connectivity index (χ1v) is 8.77. The lowest BCUT2D eigenvalue weighted by Crippen LogP contribution is -2.36. The molecule has 128 valence electrons. The van der Waals surface area contributed by atoms with Crippen molar-refractivity contribution in [3.05, 3.63) is 84.7 Å². The predicted octanol–water partition coefficient (Wildman–Crippen LogP) is 3.47. The number of amides is 1. The van der Waals surface area contributed by atoms with Crippen LogP contribution in [0.3, 0.4) is 0 Å². The maximum absolute atomic E-state index is 13.5. The Morgan fingerprint density at radius 2 is 1.62 bits per heavy atom. The Morgan fingerprint density at radius 1 is 0.885 bits per heavy atom. The second-order valence-electron chi connectivity index (χ2n) is 6.49. The standard InChI is InChI=1S/C21H18N4O/c26-20(19(23-12-6-7-13-23)16-8-2-1-3-9-16)25-15-14-24-18-11-5-4-10-17(18)22-21(24)25/h1-13,19H,14-15H2/t19-/m1/s1. The first-order chi connectivity index (χ1) is 12.8. The molecule has 5 heteroatoms. The molecule has 26 heavy (non-hydrogen) atoms. The number of para-hydroxylation sites is 2. The van der Waals surface area contributed by atoms with E-state index in [0.29, 0.717) is 6.54 Å². The number of imidazole rings is 1. The fourth-order valence-electron chi connectivity index (χ4n) is 3.74. The van der Waals surface area contributed by atoms with Gasteiger partial charge in [-0.1, -0.05) is 42.5 Å². The van der Waals surface area contributed by atoms with E-state index < -0.39 is 6.04 Å². The molecule has 0 radical (unpaired) electrons. The Balaban J connectivity index is 1.59. The van der Waals surface area contributed by atoms with Gasteiger partial charge in [-0.15, -0.1) is 0 Å². The number of carbonyl (C=O) groups excluding carboxylic acids is 1. The Bertz CT molecular complexity index is 1070. The number of anilines is 1. The van der Waals surface area contributed by atoms with Crippen LogP contribution >= 0.6 is 0 Å². The Kier molecular flexibility index (Phi) is 3.38. The Labute approximate surface area is 151 Å². The predicted molar refractivity (Wildman–Crippen MR) is 101 cm³/mol. The van der Waals surface area contributed by atoms with Crippen LogP contribution in [0.1, 0.15) is 11.6 Å². The van der Waals surface area contributed by atoms with E-state index in [9.17, 15) is 4.79 Å². The van der Waals surface area contributed by atoms with E-state index in [1.807, 2.05) is 82.5 Å². The van der Waals surface area contributed by atoms with Gasteiger partial charge in [0.15, 0.2) is 0 Å². The van der Waals surface area contributed by atoms with Crippen LogP contribution in [0.4, 0.5) is 5.95 Å². The lowest BCUT2D eigenvalue weighted by Gasteiger charge is -2.24. The fraction of sp³-hybridized carbons (Fsp3) is 0.143. The SMILES string of the molecule is O=C([C@@H](c1ccccc1)n1cccc1)N1CCn2c1nc1ccccc12. The van der Waals surface area contributed by atoms with E-state index in [2.05, 4.69) is 10.6 Å². The van der Waals surface area contributed by atoms with Gasteiger partial charge in [0.25, 0.3) is 5.91 Å². The number of hydrogen-bond acceptors (Lipinski definition) is 2. The summed E-state index contributed by atoms with van der Waals surface area (Å²) in [7, 11) is 0. The van der Waals surface area contributed by atoms with E-state index in [0.717, 1.165) is 29.1 Å². The van der Waals surface area contributed by atoms with Crippen molar-refractivity contribution in [1.29, 1.82) is 0 Å². The van der Waals surface area contributed by atoms with Crippen LogP contribution in [0.15, 0.2) is 79.1 Å². The van der Waals surface area contributed by atoms with E-state index in [-0.39, 0.29) is 5.91 Å². The molecule has 5 rings (SSSR count). The minimum atomic E-state index is -0.391. The molecule has 0 fully saturated rings. The highest BCUT2D eigenvalue weighted by molar-refractivity contribution is 5.99. The maximum Gasteiger partial charge on any atom is 0.257 e. The summed E-state index contributed by atoms with van der Waals surface area (Å²) < 4.78 is 4.09. The Hall–Kier alpha value is -3.34. The Morgan fingerprint density at radius 3 is 2.42 bits per heavy atom. The van der Waals surface area contributed by atoms with Gasteiger partial charge in [0, 0.05) is 25.5 Å². The van der Waals surface area contributed by atoms with Crippen LogP contribution < -0.4 is 4.90 Å². The van der Waals surface area contributed by atoms with E-state index >= 15 is 0 Å². The third-order valence-corrected chi connectivity index (χ3v) is 4.96. The van der Waals surface area contributed by atoms with Gasteiger partial charge in [0.2, 0.25) is 5.95 Å². The van der Waals surface area contributed by atoms with Crippen LogP contribution in [0.25, 0.3) is 11.0 Å². The van der Waals surface area contributed by atoms with Gasteiger partial charge < -0.3 is 9.13 Å². The van der Waals surface area contributed by atoms with Gasteiger partial charge >= 0.3 is 0 Å². The molecule has 1 amide bonds. The summed E-state index contributed by atoms with van der Waals surface area (Å²) in [5.74, 6) is 0.783. The first kappa shape index (κ1) is 15.0.